The molecule has 22 heavy (non-hydrogen) atoms. The molecule has 0 N–H and O–H groups in total. The van der Waals surface area contributed by atoms with Crippen molar-refractivity contribution in [1.82, 2.24) is 0 Å². The van der Waals surface area contributed by atoms with E-state index in [1.165, 1.54) is 0 Å². The van der Waals surface area contributed by atoms with Crippen molar-refractivity contribution in [3.63, 3.8) is 0 Å². The van der Waals surface area contributed by atoms with Crippen LogP contribution in [0.4, 0.5) is 13.2 Å². The fourth-order valence-electron chi connectivity index (χ4n) is 2.81. The van der Waals surface area contributed by atoms with Gasteiger partial charge < -0.3 is 4.74 Å². The second-order valence-corrected chi connectivity index (χ2v) is 5.56. The maximum Gasteiger partial charge on any atom is 0.194 e. The number of benzene rings is 1. The molecule has 2 rings (SSSR count). The Labute approximate surface area is 129 Å². The van der Waals surface area contributed by atoms with Gasteiger partial charge in [0, 0.05) is 0 Å². The highest BCUT2D eigenvalue weighted by atomic mass is 19.2. The van der Waals surface area contributed by atoms with Gasteiger partial charge >= 0.3 is 0 Å². The summed E-state index contributed by atoms with van der Waals surface area (Å²) in [5.74, 6) is -3.54. The minimum absolute atomic E-state index is 0.0722. The molecule has 0 bridgehead atoms. The summed E-state index contributed by atoms with van der Waals surface area (Å²) in [7, 11) is 0. The Hall–Kier alpha value is -1.55. The van der Waals surface area contributed by atoms with Crippen LogP contribution in [0.15, 0.2) is 36.4 Å². The zero-order valence-electron chi connectivity index (χ0n) is 12.7. The third kappa shape index (κ3) is 4.47. The van der Waals surface area contributed by atoms with Crippen molar-refractivity contribution in [2.24, 2.45) is 0 Å². The molecule has 1 aromatic rings. The number of allylic oxidation sites excluding steroid dienone is 3. The lowest BCUT2D eigenvalue weighted by molar-refractivity contribution is 0.0422. The van der Waals surface area contributed by atoms with Crippen LogP contribution in [0.2, 0.25) is 0 Å². The highest BCUT2D eigenvalue weighted by Crippen LogP contribution is 2.35. The SMILES string of the molecule is C/C=C/C=C/COC1CCC(c2cc(F)c(F)c(F)c2)CC1. The van der Waals surface area contributed by atoms with Crippen molar-refractivity contribution < 1.29 is 17.9 Å². The molecule has 0 saturated heterocycles. The molecule has 1 aromatic carbocycles. The van der Waals surface area contributed by atoms with Crippen molar-refractivity contribution in [1.29, 1.82) is 0 Å². The summed E-state index contributed by atoms with van der Waals surface area (Å²) in [6.45, 7) is 2.52. The van der Waals surface area contributed by atoms with Crippen molar-refractivity contribution in [2.75, 3.05) is 6.61 Å². The first kappa shape index (κ1) is 16.8. The van der Waals surface area contributed by atoms with Crippen LogP contribution in [-0.4, -0.2) is 12.7 Å². The van der Waals surface area contributed by atoms with Crippen LogP contribution in [0.3, 0.4) is 0 Å². The summed E-state index contributed by atoms with van der Waals surface area (Å²) in [6.07, 6.45) is 11.3. The molecule has 1 saturated carbocycles. The third-order valence-electron chi connectivity index (χ3n) is 4.02. The normalized spacial score (nSPS) is 22.7. The molecule has 0 aliphatic heterocycles. The lowest BCUT2D eigenvalue weighted by Crippen LogP contribution is -2.21. The van der Waals surface area contributed by atoms with E-state index < -0.39 is 17.5 Å². The second kappa shape index (κ2) is 8.18. The van der Waals surface area contributed by atoms with Gasteiger partial charge in [0.1, 0.15) is 0 Å². The van der Waals surface area contributed by atoms with Crippen molar-refractivity contribution >= 4 is 0 Å². The van der Waals surface area contributed by atoms with Gasteiger partial charge in [-0.05, 0) is 56.2 Å². The molecular formula is C18H21F3O. The van der Waals surface area contributed by atoms with Crippen LogP contribution < -0.4 is 0 Å². The van der Waals surface area contributed by atoms with E-state index in [-0.39, 0.29) is 12.0 Å². The van der Waals surface area contributed by atoms with Crippen molar-refractivity contribution in [2.45, 2.75) is 44.6 Å². The number of hydrogen-bond acceptors (Lipinski definition) is 1. The lowest BCUT2D eigenvalue weighted by Gasteiger charge is -2.28. The van der Waals surface area contributed by atoms with Crippen molar-refractivity contribution in [3.8, 4) is 0 Å². The van der Waals surface area contributed by atoms with E-state index >= 15 is 0 Å². The second-order valence-electron chi connectivity index (χ2n) is 5.56. The Kier molecular flexibility index (Phi) is 6.25. The van der Waals surface area contributed by atoms with Gasteiger partial charge in [0.05, 0.1) is 12.7 Å². The highest BCUT2D eigenvalue weighted by molar-refractivity contribution is 5.23. The van der Waals surface area contributed by atoms with E-state index in [4.69, 9.17) is 4.74 Å². The van der Waals surface area contributed by atoms with Crippen LogP contribution in [-0.2, 0) is 4.74 Å². The first-order valence-corrected chi connectivity index (χ1v) is 7.65. The smallest absolute Gasteiger partial charge is 0.194 e. The number of hydrogen-bond donors (Lipinski definition) is 0. The Morgan fingerprint density at radius 3 is 2.27 bits per heavy atom. The minimum atomic E-state index is -1.39. The molecular weight excluding hydrogens is 289 g/mol. The minimum Gasteiger partial charge on any atom is -0.374 e. The number of rotatable bonds is 5. The van der Waals surface area contributed by atoms with Gasteiger partial charge in [-0.2, -0.15) is 0 Å². The van der Waals surface area contributed by atoms with Crippen molar-refractivity contribution in [3.05, 3.63) is 59.5 Å². The van der Waals surface area contributed by atoms with E-state index in [1.54, 1.807) is 0 Å². The van der Waals surface area contributed by atoms with E-state index in [2.05, 4.69) is 0 Å². The average molecular weight is 310 g/mol. The van der Waals surface area contributed by atoms with Gasteiger partial charge in [-0.15, -0.1) is 0 Å². The van der Waals surface area contributed by atoms with E-state index in [0.29, 0.717) is 12.2 Å². The van der Waals surface area contributed by atoms with E-state index in [1.807, 2.05) is 31.2 Å². The summed E-state index contributed by atoms with van der Waals surface area (Å²) in [5, 5.41) is 0. The molecule has 0 radical (unpaired) electrons. The lowest BCUT2D eigenvalue weighted by atomic mass is 9.82. The molecule has 1 nitrogen and oxygen atoms in total. The van der Waals surface area contributed by atoms with Gasteiger partial charge in [0.15, 0.2) is 17.5 Å². The average Bonchev–Trinajstić information content (AvgIpc) is 2.52. The summed E-state index contributed by atoms with van der Waals surface area (Å²) in [6, 6.07) is 2.23. The number of halogens is 3. The zero-order chi connectivity index (χ0) is 15.9. The fourth-order valence-corrected chi connectivity index (χ4v) is 2.81. The summed E-state index contributed by atoms with van der Waals surface area (Å²) in [4.78, 5) is 0. The Morgan fingerprint density at radius 2 is 1.68 bits per heavy atom. The fraction of sp³-hybridized carbons (Fsp3) is 0.444. The van der Waals surface area contributed by atoms with Gasteiger partial charge in [0.25, 0.3) is 0 Å². The summed E-state index contributed by atoms with van der Waals surface area (Å²) < 4.78 is 45.3. The molecule has 0 unspecified atom stereocenters. The predicted molar refractivity (Wildman–Crippen MR) is 81.2 cm³/mol. The monoisotopic (exact) mass is 310 g/mol. The standard InChI is InChI=1S/C18H21F3O/c1-2-3-4-5-10-22-15-8-6-13(7-9-15)14-11-16(19)18(21)17(20)12-14/h2-5,11-13,15H,6-10H2,1H3/b3-2+,5-4+. The molecule has 1 aliphatic carbocycles. The van der Waals surface area contributed by atoms with Gasteiger partial charge in [-0.25, -0.2) is 13.2 Å². The summed E-state index contributed by atoms with van der Waals surface area (Å²) >= 11 is 0. The topological polar surface area (TPSA) is 9.23 Å². The Bertz CT molecular complexity index is 520. The molecule has 0 heterocycles. The molecule has 1 fully saturated rings. The number of ether oxygens (including phenoxy) is 1. The largest absolute Gasteiger partial charge is 0.374 e. The third-order valence-corrected chi connectivity index (χ3v) is 4.02. The van der Waals surface area contributed by atoms with Gasteiger partial charge in [-0.1, -0.05) is 24.3 Å². The molecule has 120 valence electrons. The quantitative estimate of drug-likeness (QED) is 0.531. The molecule has 0 aromatic heterocycles. The maximum absolute atomic E-state index is 13.3. The summed E-state index contributed by atoms with van der Waals surface area (Å²) in [5.41, 5.74) is 0.544. The maximum atomic E-state index is 13.3. The van der Waals surface area contributed by atoms with Crippen LogP contribution in [0, 0.1) is 17.5 Å². The predicted octanol–water partition coefficient (Wildman–Crippen LogP) is 5.28. The van der Waals surface area contributed by atoms with E-state index in [0.717, 1.165) is 37.8 Å². The highest BCUT2D eigenvalue weighted by Gasteiger charge is 2.24. The van der Waals surface area contributed by atoms with Crippen LogP contribution in [0.25, 0.3) is 0 Å². The van der Waals surface area contributed by atoms with Crippen LogP contribution >= 0.6 is 0 Å². The van der Waals surface area contributed by atoms with Crippen LogP contribution in [0.1, 0.15) is 44.1 Å². The van der Waals surface area contributed by atoms with Gasteiger partial charge in [0.2, 0.25) is 0 Å². The molecule has 0 spiro atoms. The van der Waals surface area contributed by atoms with Gasteiger partial charge in [-0.3, -0.25) is 0 Å². The molecule has 0 amide bonds. The van der Waals surface area contributed by atoms with E-state index in [9.17, 15) is 13.2 Å². The van der Waals surface area contributed by atoms with Crippen LogP contribution in [0.5, 0.6) is 0 Å². The molecule has 0 atom stereocenters. The Balaban J connectivity index is 1.84. The molecule has 4 heteroatoms. The zero-order valence-corrected chi connectivity index (χ0v) is 12.7. The Morgan fingerprint density at radius 1 is 1.05 bits per heavy atom. The first-order valence-electron chi connectivity index (χ1n) is 7.65. The molecule has 1 aliphatic rings. The first-order chi connectivity index (χ1) is 10.6.